The zero-order valence-corrected chi connectivity index (χ0v) is 11.5. The fraction of sp³-hybridized carbons (Fsp3) is 0.714. The molecule has 0 spiro atoms. The molecule has 0 saturated carbocycles. The second-order valence-electron chi connectivity index (χ2n) is 5.58. The van der Waals surface area contributed by atoms with Crippen molar-refractivity contribution in [1.29, 1.82) is 0 Å². The van der Waals surface area contributed by atoms with Crippen LogP contribution in [-0.2, 0) is 6.54 Å². The summed E-state index contributed by atoms with van der Waals surface area (Å²) in [5.41, 5.74) is 1.07. The lowest BCUT2D eigenvalue weighted by molar-refractivity contribution is 0.213. The van der Waals surface area contributed by atoms with Gasteiger partial charge in [0.15, 0.2) is 0 Å². The molecule has 0 radical (unpaired) electrons. The van der Waals surface area contributed by atoms with Crippen LogP contribution >= 0.6 is 0 Å². The van der Waals surface area contributed by atoms with E-state index in [4.69, 9.17) is 0 Å². The van der Waals surface area contributed by atoms with Gasteiger partial charge in [-0.2, -0.15) is 0 Å². The summed E-state index contributed by atoms with van der Waals surface area (Å²) in [5.74, 6) is 0.683. The minimum atomic E-state index is 0.653. The van der Waals surface area contributed by atoms with E-state index in [0.717, 1.165) is 25.3 Å². The van der Waals surface area contributed by atoms with Crippen molar-refractivity contribution in [3.05, 3.63) is 24.3 Å². The maximum absolute atomic E-state index is 4.38. The van der Waals surface area contributed by atoms with Crippen LogP contribution in [0.15, 0.2) is 18.6 Å². The third-order valence-corrected chi connectivity index (χ3v) is 3.27. The van der Waals surface area contributed by atoms with Gasteiger partial charge in [0, 0.05) is 44.3 Å². The summed E-state index contributed by atoms with van der Waals surface area (Å²) in [7, 11) is 0. The summed E-state index contributed by atoms with van der Waals surface area (Å²) in [6.45, 7) is 8.86. The average molecular weight is 248 g/mol. The predicted molar refractivity (Wildman–Crippen MR) is 73.2 cm³/mol. The van der Waals surface area contributed by atoms with E-state index in [1.54, 1.807) is 12.4 Å². The molecule has 1 aliphatic heterocycles. The van der Waals surface area contributed by atoms with E-state index < -0.39 is 0 Å². The van der Waals surface area contributed by atoms with Gasteiger partial charge in [-0.25, -0.2) is 0 Å². The Balaban J connectivity index is 1.91. The maximum atomic E-state index is 4.38. The first kappa shape index (κ1) is 13.4. The first-order valence-corrected chi connectivity index (χ1v) is 6.94. The SMILES string of the molecule is CC(C)CN(Cc1cnccn1)CC1CCCN1. The van der Waals surface area contributed by atoms with Gasteiger partial charge in [-0.3, -0.25) is 14.9 Å². The molecule has 0 bridgehead atoms. The van der Waals surface area contributed by atoms with Crippen LogP contribution in [0.1, 0.15) is 32.4 Å². The smallest absolute Gasteiger partial charge is 0.0726 e. The summed E-state index contributed by atoms with van der Waals surface area (Å²) < 4.78 is 0. The van der Waals surface area contributed by atoms with Gasteiger partial charge in [-0.05, 0) is 25.3 Å². The Hall–Kier alpha value is -1.00. The van der Waals surface area contributed by atoms with Gasteiger partial charge in [-0.1, -0.05) is 13.8 Å². The van der Waals surface area contributed by atoms with E-state index in [-0.39, 0.29) is 0 Å². The fourth-order valence-electron chi connectivity index (χ4n) is 2.58. The van der Waals surface area contributed by atoms with E-state index in [1.807, 2.05) is 6.20 Å². The van der Waals surface area contributed by atoms with Crippen molar-refractivity contribution >= 4 is 0 Å². The van der Waals surface area contributed by atoms with E-state index in [2.05, 4.69) is 34.0 Å². The molecule has 1 fully saturated rings. The fourth-order valence-corrected chi connectivity index (χ4v) is 2.58. The molecule has 2 rings (SSSR count). The Bertz CT molecular complexity index is 333. The van der Waals surface area contributed by atoms with Crippen molar-refractivity contribution in [3.63, 3.8) is 0 Å². The Morgan fingerprint density at radius 1 is 1.44 bits per heavy atom. The lowest BCUT2D eigenvalue weighted by Crippen LogP contribution is -2.39. The zero-order valence-electron chi connectivity index (χ0n) is 11.5. The normalized spacial score (nSPS) is 19.9. The van der Waals surface area contributed by atoms with E-state index in [1.165, 1.54) is 19.4 Å². The molecule has 100 valence electrons. The molecular weight excluding hydrogens is 224 g/mol. The van der Waals surface area contributed by atoms with Crippen molar-refractivity contribution in [2.75, 3.05) is 19.6 Å². The molecule has 1 atom stereocenters. The van der Waals surface area contributed by atoms with Crippen LogP contribution in [0.25, 0.3) is 0 Å². The highest BCUT2D eigenvalue weighted by Gasteiger charge is 2.18. The molecule has 1 saturated heterocycles. The Morgan fingerprint density at radius 2 is 2.33 bits per heavy atom. The molecule has 18 heavy (non-hydrogen) atoms. The first-order chi connectivity index (χ1) is 8.74. The monoisotopic (exact) mass is 248 g/mol. The van der Waals surface area contributed by atoms with Crippen LogP contribution in [0.5, 0.6) is 0 Å². The molecule has 1 aromatic rings. The van der Waals surface area contributed by atoms with Gasteiger partial charge in [0.1, 0.15) is 0 Å². The van der Waals surface area contributed by atoms with Crippen LogP contribution in [0.3, 0.4) is 0 Å². The molecule has 4 heteroatoms. The van der Waals surface area contributed by atoms with Gasteiger partial charge in [0.25, 0.3) is 0 Å². The summed E-state index contributed by atoms with van der Waals surface area (Å²) in [6.07, 6.45) is 7.99. The molecule has 1 aliphatic rings. The highest BCUT2D eigenvalue weighted by Crippen LogP contribution is 2.11. The third kappa shape index (κ3) is 4.35. The zero-order chi connectivity index (χ0) is 12.8. The topological polar surface area (TPSA) is 41.1 Å². The molecule has 1 unspecified atom stereocenters. The van der Waals surface area contributed by atoms with Crippen LogP contribution in [0.2, 0.25) is 0 Å². The van der Waals surface area contributed by atoms with Gasteiger partial charge < -0.3 is 5.32 Å². The summed E-state index contributed by atoms with van der Waals surface area (Å²) in [5, 5.41) is 3.57. The highest BCUT2D eigenvalue weighted by atomic mass is 15.2. The molecule has 4 nitrogen and oxygen atoms in total. The van der Waals surface area contributed by atoms with Gasteiger partial charge in [0.2, 0.25) is 0 Å². The number of rotatable bonds is 6. The van der Waals surface area contributed by atoms with Gasteiger partial charge in [-0.15, -0.1) is 0 Å². The van der Waals surface area contributed by atoms with Gasteiger partial charge >= 0.3 is 0 Å². The first-order valence-electron chi connectivity index (χ1n) is 6.94. The summed E-state index contributed by atoms with van der Waals surface area (Å²) in [6, 6.07) is 0.653. The molecular formula is C14H24N4. The lowest BCUT2D eigenvalue weighted by Gasteiger charge is -2.26. The molecule has 0 aliphatic carbocycles. The number of aromatic nitrogens is 2. The quantitative estimate of drug-likeness (QED) is 0.832. The Kier molecular flexibility index (Phi) is 5.08. The van der Waals surface area contributed by atoms with Crippen molar-refractivity contribution in [1.82, 2.24) is 20.2 Å². The van der Waals surface area contributed by atoms with Crippen LogP contribution in [-0.4, -0.2) is 40.5 Å². The largest absolute Gasteiger partial charge is 0.313 e. The second kappa shape index (κ2) is 6.81. The Morgan fingerprint density at radius 3 is 2.94 bits per heavy atom. The molecule has 2 heterocycles. The lowest BCUT2D eigenvalue weighted by atomic mass is 10.1. The van der Waals surface area contributed by atoms with E-state index in [9.17, 15) is 0 Å². The van der Waals surface area contributed by atoms with E-state index in [0.29, 0.717) is 12.0 Å². The number of hydrogen-bond donors (Lipinski definition) is 1. The second-order valence-corrected chi connectivity index (χ2v) is 5.58. The summed E-state index contributed by atoms with van der Waals surface area (Å²) >= 11 is 0. The van der Waals surface area contributed by atoms with Crippen LogP contribution in [0.4, 0.5) is 0 Å². The van der Waals surface area contributed by atoms with Crippen molar-refractivity contribution in [2.24, 2.45) is 5.92 Å². The van der Waals surface area contributed by atoms with Crippen LogP contribution in [0, 0.1) is 5.92 Å². The maximum Gasteiger partial charge on any atom is 0.0726 e. The molecule has 1 aromatic heterocycles. The van der Waals surface area contributed by atoms with Crippen molar-refractivity contribution in [3.8, 4) is 0 Å². The minimum Gasteiger partial charge on any atom is -0.313 e. The predicted octanol–water partition coefficient (Wildman–Crippen LogP) is 1.69. The van der Waals surface area contributed by atoms with E-state index >= 15 is 0 Å². The third-order valence-electron chi connectivity index (χ3n) is 3.27. The van der Waals surface area contributed by atoms with Gasteiger partial charge in [0.05, 0.1) is 5.69 Å². The molecule has 0 aromatic carbocycles. The van der Waals surface area contributed by atoms with Crippen molar-refractivity contribution < 1.29 is 0 Å². The highest BCUT2D eigenvalue weighted by molar-refractivity contribution is 4.95. The number of hydrogen-bond acceptors (Lipinski definition) is 4. The number of nitrogens with zero attached hydrogens (tertiary/aromatic N) is 3. The Labute approximate surface area is 110 Å². The minimum absolute atomic E-state index is 0.653. The van der Waals surface area contributed by atoms with Crippen molar-refractivity contribution in [2.45, 2.75) is 39.3 Å². The number of nitrogens with one attached hydrogen (secondary N) is 1. The summed E-state index contributed by atoms with van der Waals surface area (Å²) in [4.78, 5) is 11.0. The molecule has 0 amide bonds. The standard InChI is InChI=1S/C14H24N4/c1-12(2)9-18(10-13-4-3-5-16-13)11-14-8-15-6-7-17-14/h6-8,12-13,16H,3-5,9-11H2,1-2H3. The average Bonchev–Trinajstić information content (AvgIpc) is 2.82. The molecule has 1 N–H and O–H groups in total. The van der Waals surface area contributed by atoms with Crippen LogP contribution < -0.4 is 5.32 Å².